The van der Waals surface area contributed by atoms with Gasteiger partial charge in [-0.15, -0.1) is 0 Å². The van der Waals surface area contributed by atoms with Crippen LogP contribution in [0.2, 0.25) is 0 Å². The van der Waals surface area contributed by atoms with Crippen LogP contribution in [0.5, 0.6) is 0 Å². The number of benzene rings is 1. The maximum absolute atomic E-state index is 13.0. The quantitative estimate of drug-likeness (QED) is 0.876. The van der Waals surface area contributed by atoms with Gasteiger partial charge < -0.3 is 9.64 Å². The number of H-pyrrole nitrogens is 1. The fourth-order valence-electron chi connectivity index (χ4n) is 3.28. The van der Waals surface area contributed by atoms with E-state index in [1.54, 1.807) is 0 Å². The van der Waals surface area contributed by atoms with Gasteiger partial charge in [0.15, 0.2) is 0 Å². The van der Waals surface area contributed by atoms with Gasteiger partial charge in [0.2, 0.25) is 5.91 Å². The van der Waals surface area contributed by atoms with Gasteiger partial charge in [-0.25, -0.2) is 4.98 Å². The molecule has 1 fully saturated rings. The van der Waals surface area contributed by atoms with Crippen LogP contribution in [0.3, 0.4) is 0 Å². The molecule has 2 heterocycles. The molecule has 0 radical (unpaired) electrons. The van der Waals surface area contributed by atoms with Crippen LogP contribution < -0.4 is 0 Å². The van der Waals surface area contributed by atoms with Crippen molar-refractivity contribution in [2.45, 2.75) is 39.2 Å². The molecule has 1 aromatic carbocycles. The molecular weight excluding hydrogens is 316 g/mol. The number of hydrogen-bond donors (Lipinski definition) is 1. The fraction of sp³-hybridized carbons (Fsp3) is 0.526. The topological polar surface area (TPSA) is 71.1 Å². The van der Waals surface area contributed by atoms with Crippen molar-refractivity contribution < 1.29 is 9.53 Å². The molecule has 1 N–H and O–H groups in total. The molecule has 1 atom stereocenters. The smallest absolute Gasteiger partial charge is 0.230 e. The van der Waals surface area contributed by atoms with Gasteiger partial charge >= 0.3 is 0 Å². The highest BCUT2D eigenvalue weighted by Crippen LogP contribution is 2.28. The van der Waals surface area contributed by atoms with E-state index in [0.29, 0.717) is 19.8 Å². The lowest BCUT2D eigenvalue weighted by Gasteiger charge is -2.37. The summed E-state index contributed by atoms with van der Waals surface area (Å²) in [5, 5.41) is 6.86. The lowest BCUT2D eigenvalue weighted by Crippen LogP contribution is -2.47. The molecule has 0 aliphatic carbocycles. The van der Waals surface area contributed by atoms with Gasteiger partial charge in [-0.3, -0.25) is 9.89 Å². The van der Waals surface area contributed by atoms with E-state index in [1.807, 2.05) is 49.1 Å². The summed E-state index contributed by atoms with van der Waals surface area (Å²) in [6, 6.07) is 10.0. The Morgan fingerprint density at radius 1 is 1.36 bits per heavy atom. The summed E-state index contributed by atoms with van der Waals surface area (Å²) >= 11 is 0. The highest BCUT2D eigenvalue weighted by atomic mass is 16.5. The van der Waals surface area contributed by atoms with Crippen LogP contribution in [0, 0.1) is 5.41 Å². The first-order valence-electron chi connectivity index (χ1n) is 8.82. The predicted octanol–water partition coefficient (Wildman–Crippen LogP) is 2.75. The summed E-state index contributed by atoms with van der Waals surface area (Å²) < 4.78 is 5.82. The third-order valence-corrected chi connectivity index (χ3v) is 4.68. The second-order valence-corrected chi connectivity index (χ2v) is 7.32. The lowest BCUT2D eigenvalue weighted by molar-refractivity contribution is -0.145. The first kappa shape index (κ1) is 17.6. The molecule has 1 aliphatic rings. The maximum Gasteiger partial charge on any atom is 0.230 e. The second kappa shape index (κ2) is 7.78. The number of hydrogen-bond acceptors (Lipinski definition) is 4. The zero-order valence-corrected chi connectivity index (χ0v) is 14.9. The van der Waals surface area contributed by atoms with Gasteiger partial charge in [-0.05, 0) is 32.3 Å². The number of ether oxygens (including phenoxy) is 1. The van der Waals surface area contributed by atoms with E-state index in [9.17, 15) is 4.79 Å². The molecule has 134 valence electrons. The van der Waals surface area contributed by atoms with E-state index in [2.05, 4.69) is 15.2 Å². The third kappa shape index (κ3) is 4.45. The van der Waals surface area contributed by atoms with Gasteiger partial charge in [0, 0.05) is 19.0 Å². The molecule has 2 aromatic rings. The Labute approximate surface area is 148 Å². The minimum absolute atomic E-state index is 0.143. The van der Waals surface area contributed by atoms with E-state index in [0.717, 1.165) is 30.8 Å². The van der Waals surface area contributed by atoms with Crippen molar-refractivity contribution in [1.29, 1.82) is 0 Å². The van der Waals surface area contributed by atoms with Crippen molar-refractivity contribution in [2.24, 2.45) is 5.41 Å². The molecule has 0 saturated carbocycles. The number of carbonyl (C=O) groups is 1. The Hall–Kier alpha value is -2.21. The van der Waals surface area contributed by atoms with E-state index in [-0.39, 0.29) is 11.8 Å². The van der Waals surface area contributed by atoms with E-state index in [4.69, 9.17) is 4.74 Å². The first-order chi connectivity index (χ1) is 12.1. The average molecular weight is 342 g/mol. The van der Waals surface area contributed by atoms with Crippen LogP contribution in [-0.2, 0) is 16.1 Å². The summed E-state index contributed by atoms with van der Waals surface area (Å²) in [7, 11) is 0. The number of likely N-dealkylation sites (tertiary alicyclic amines) is 1. The van der Waals surface area contributed by atoms with Gasteiger partial charge in [-0.1, -0.05) is 30.3 Å². The number of nitrogens with zero attached hydrogens (tertiary/aromatic N) is 3. The molecule has 3 rings (SSSR count). The Kier molecular flexibility index (Phi) is 5.48. The summed E-state index contributed by atoms with van der Waals surface area (Å²) in [6.45, 7) is 6.33. The normalized spacial score (nSPS) is 18.3. The predicted molar refractivity (Wildman–Crippen MR) is 94.8 cm³/mol. The van der Waals surface area contributed by atoms with Gasteiger partial charge in [0.05, 0.1) is 18.6 Å². The van der Waals surface area contributed by atoms with Crippen molar-refractivity contribution >= 4 is 5.91 Å². The highest BCUT2D eigenvalue weighted by Gasteiger charge is 2.35. The molecule has 0 spiro atoms. The van der Waals surface area contributed by atoms with E-state index >= 15 is 0 Å². The molecule has 6 nitrogen and oxygen atoms in total. The Balaban J connectivity index is 1.54. The fourth-order valence-corrected chi connectivity index (χ4v) is 3.28. The van der Waals surface area contributed by atoms with E-state index in [1.165, 1.54) is 6.33 Å². The summed E-state index contributed by atoms with van der Waals surface area (Å²) in [6.07, 6.45) is 3.54. The summed E-state index contributed by atoms with van der Waals surface area (Å²) in [4.78, 5) is 19.2. The minimum Gasteiger partial charge on any atom is -0.376 e. The summed E-state index contributed by atoms with van der Waals surface area (Å²) in [5.41, 5.74) is 0.576. The van der Waals surface area contributed by atoms with E-state index < -0.39 is 5.41 Å². The zero-order valence-electron chi connectivity index (χ0n) is 14.9. The second-order valence-electron chi connectivity index (χ2n) is 7.32. The van der Waals surface area contributed by atoms with Crippen molar-refractivity contribution in [3.63, 3.8) is 0 Å². The van der Waals surface area contributed by atoms with Crippen molar-refractivity contribution in [3.8, 4) is 0 Å². The molecule has 0 unspecified atom stereocenters. The van der Waals surface area contributed by atoms with Crippen molar-refractivity contribution in [2.75, 3.05) is 19.7 Å². The Morgan fingerprint density at radius 2 is 2.16 bits per heavy atom. The van der Waals surface area contributed by atoms with Crippen LogP contribution in [-0.4, -0.2) is 45.7 Å². The van der Waals surface area contributed by atoms with Crippen LogP contribution in [0.25, 0.3) is 0 Å². The molecule has 1 aromatic heterocycles. The third-order valence-electron chi connectivity index (χ3n) is 4.68. The first-order valence-corrected chi connectivity index (χ1v) is 8.82. The highest BCUT2D eigenvalue weighted by molar-refractivity contribution is 5.82. The number of nitrogens with one attached hydrogen (secondary N) is 1. The van der Waals surface area contributed by atoms with Crippen molar-refractivity contribution in [1.82, 2.24) is 20.1 Å². The monoisotopic (exact) mass is 342 g/mol. The van der Waals surface area contributed by atoms with Crippen LogP contribution in [0.1, 0.15) is 44.0 Å². The molecule has 1 aliphatic heterocycles. The number of amides is 1. The molecule has 1 saturated heterocycles. The number of aromatic amines is 1. The van der Waals surface area contributed by atoms with Gasteiger partial charge in [0.25, 0.3) is 0 Å². The summed E-state index contributed by atoms with van der Waals surface area (Å²) in [5.74, 6) is 1.25. The molecule has 6 heteroatoms. The molecule has 25 heavy (non-hydrogen) atoms. The Morgan fingerprint density at radius 3 is 2.88 bits per heavy atom. The van der Waals surface area contributed by atoms with Gasteiger partial charge in [0.1, 0.15) is 12.2 Å². The zero-order chi connectivity index (χ0) is 17.7. The Bertz CT molecular complexity index is 670. The van der Waals surface area contributed by atoms with Gasteiger partial charge in [-0.2, -0.15) is 5.10 Å². The van der Waals surface area contributed by atoms with Crippen LogP contribution in [0.4, 0.5) is 0 Å². The maximum atomic E-state index is 13.0. The number of rotatable bonds is 6. The van der Waals surface area contributed by atoms with Crippen molar-refractivity contribution in [3.05, 3.63) is 48.0 Å². The molecule has 1 amide bonds. The molecular formula is C19H26N4O2. The molecule has 0 bridgehead atoms. The number of piperidine rings is 1. The van der Waals surface area contributed by atoms with Crippen LogP contribution >= 0.6 is 0 Å². The largest absolute Gasteiger partial charge is 0.376 e. The minimum atomic E-state index is -0.544. The van der Waals surface area contributed by atoms with Crippen LogP contribution in [0.15, 0.2) is 36.7 Å². The lowest BCUT2D eigenvalue weighted by atomic mass is 9.89. The standard InChI is InChI=1S/C19H26N4O2/c1-19(2,13-25-12-15-7-4-3-5-8-15)18(24)23-10-6-9-16(11-23)17-20-14-21-22-17/h3-5,7-8,14,16H,6,9-13H2,1-2H3,(H,20,21,22)/t16-/m0/s1. The average Bonchev–Trinajstić information content (AvgIpc) is 3.17. The SMILES string of the molecule is CC(C)(COCc1ccccc1)C(=O)N1CCC[C@H](c2ncn[nH]2)C1. The number of carbonyl (C=O) groups excluding carboxylic acids is 1. The number of aromatic nitrogens is 3.